The van der Waals surface area contributed by atoms with E-state index in [4.69, 9.17) is 0 Å². The van der Waals surface area contributed by atoms with Gasteiger partial charge in [-0.3, -0.25) is 14.1 Å². The number of hydrogen-bond acceptors (Lipinski definition) is 5. The van der Waals surface area contributed by atoms with E-state index in [1.54, 1.807) is 36.7 Å². The summed E-state index contributed by atoms with van der Waals surface area (Å²) in [5.41, 5.74) is 3.57. The van der Waals surface area contributed by atoms with E-state index < -0.39 is 15.9 Å². The maximum absolute atomic E-state index is 12.3. The lowest BCUT2D eigenvalue weighted by atomic mass is 10.1. The number of anilines is 1. The molecule has 0 aliphatic rings. The number of nitrogens with zero attached hydrogens (tertiary/aromatic N) is 3. The van der Waals surface area contributed by atoms with Gasteiger partial charge in [-0.25, -0.2) is 13.8 Å². The highest BCUT2D eigenvalue weighted by atomic mass is 32.2. The number of sulfonamides is 1. The summed E-state index contributed by atoms with van der Waals surface area (Å²) >= 11 is 0. The highest BCUT2D eigenvalue weighted by molar-refractivity contribution is 7.92. The Balaban J connectivity index is 1.82. The second kappa shape index (κ2) is 7.96. The number of carbonyl (C=O) groups excluding carboxylic acids is 1. The van der Waals surface area contributed by atoms with Gasteiger partial charge < -0.3 is 0 Å². The van der Waals surface area contributed by atoms with E-state index in [1.807, 2.05) is 30.3 Å². The highest BCUT2D eigenvalue weighted by Crippen LogP contribution is 2.28. The fourth-order valence-electron chi connectivity index (χ4n) is 2.60. The van der Waals surface area contributed by atoms with E-state index >= 15 is 0 Å². The standard InChI is InChI=1S/C19H18N4O3S/c1-27(25,26)23(18-8-4-6-16-5-2-3-7-17(16)18)14-19(24)22-21-13-15-9-11-20-12-10-15/h2-13H,14H2,1H3,(H,22,24)/b21-13-. The number of amides is 1. The van der Waals surface area contributed by atoms with Crippen molar-refractivity contribution in [2.24, 2.45) is 5.10 Å². The number of carbonyl (C=O) groups is 1. The van der Waals surface area contributed by atoms with Crippen molar-refractivity contribution in [3.05, 3.63) is 72.6 Å². The van der Waals surface area contributed by atoms with E-state index in [0.717, 1.165) is 26.9 Å². The number of benzene rings is 2. The largest absolute Gasteiger partial charge is 0.271 e. The predicted octanol–water partition coefficient (Wildman–Crippen LogP) is 2.15. The normalized spacial score (nSPS) is 11.6. The molecule has 27 heavy (non-hydrogen) atoms. The van der Waals surface area contributed by atoms with Crippen LogP contribution >= 0.6 is 0 Å². The Morgan fingerprint density at radius 3 is 2.56 bits per heavy atom. The number of pyridine rings is 1. The Kier molecular flexibility index (Phi) is 5.46. The van der Waals surface area contributed by atoms with Crippen molar-refractivity contribution in [3.63, 3.8) is 0 Å². The van der Waals surface area contributed by atoms with Crippen molar-refractivity contribution < 1.29 is 13.2 Å². The summed E-state index contributed by atoms with van der Waals surface area (Å²) in [6, 6.07) is 16.2. The molecule has 1 amide bonds. The number of hydrazone groups is 1. The van der Waals surface area contributed by atoms with Crippen LogP contribution in [-0.2, 0) is 14.8 Å². The second-order valence-electron chi connectivity index (χ2n) is 5.84. The Hall–Kier alpha value is -3.26. The fourth-order valence-corrected chi connectivity index (χ4v) is 3.47. The van der Waals surface area contributed by atoms with Gasteiger partial charge in [0.25, 0.3) is 5.91 Å². The van der Waals surface area contributed by atoms with Gasteiger partial charge >= 0.3 is 0 Å². The maximum Gasteiger partial charge on any atom is 0.260 e. The lowest BCUT2D eigenvalue weighted by Crippen LogP contribution is -2.39. The molecule has 0 bridgehead atoms. The molecule has 0 fully saturated rings. The molecule has 1 heterocycles. The van der Waals surface area contributed by atoms with Crippen molar-refractivity contribution in [1.82, 2.24) is 10.4 Å². The van der Waals surface area contributed by atoms with Crippen LogP contribution < -0.4 is 9.73 Å². The first kappa shape index (κ1) is 18.5. The molecule has 0 unspecified atom stereocenters. The van der Waals surface area contributed by atoms with Crippen LogP contribution in [-0.4, -0.2) is 38.3 Å². The van der Waals surface area contributed by atoms with Crippen LogP contribution in [0.25, 0.3) is 10.8 Å². The highest BCUT2D eigenvalue weighted by Gasteiger charge is 2.22. The van der Waals surface area contributed by atoms with E-state index in [1.165, 1.54) is 6.21 Å². The summed E-state index contributed by atoms with van der Waals surface area (Å²) in [6.07, 6.45) is 5.74. The smallest absolute Gasteiger partial charge is 0.260 e. The molecule has 0 aliphatic carbocycles. The third-order valence-electron chi connectivity index (χ3n) is 3.83. The first-order valence-corrected chi connectivity index (χ1v) is 9.97. The summed E-state index contributed by atoms with van der Waals surface area (Å²) in [5.74, 6) is -0.543. The molecule has 3 rings (SSSR count). The number of fused-ring (bicyclic) bond motifs is 1. The van der Waals surface area contributed by atoms with Gasteiger partial charge in [-0.1, -0.05) is 36.4 Å². The molecule has 3 aromatic rings. The summed E-state index contributed by atoms with van der Waals surface area (Å²) in [6.45, 7) is -0.374. The third-order valence-corrected chi connectivity index (χ3v) is 4.96. The summed E-state index contributed by atoms with van der Waals surface area (Å²) in [5, 5.41) is 5.50. The molecule has 7 nitrogen and oxygen atoms in total. The van der Waals surface area contributed by atoms with Crippen LogP contribution in [0.15, 0.2) is 72.1 Å². The molecule has 138 valence electrons. The van der Waals surface area contributed by atoms with Gasteiger partial charge in [0.1, 0.15) is 6.54 Å². The van der Waals surface area contributed by atoms with Gasteiger partial charge in [-0.05, 0) is 29.1 Å². The third kappa shape index (κ3) is 4.68. The van der Waals surface area contributed by atoms with E-state index in [2.05, 4.69) is 15.5 Å². The summed E-state index contributed by atoms with van der Waals surface area (Å²) < 4.78 is 25.7. The van der Waals surface area contributed by atoms with Gasteiger partial charge in [0.05, 0.1) is 18.2 Å². The van der Waals surface area contributed by atoms with Crippen LogP contribution in [0.3, 0.4) is 0 Å². The Labute approximate surface area is 157 Å². The van der Waals surface area contributed by atoms with Crippen LogP contribution in [0, 0.1) is 0 Å². The minimum atomic E-state index is -3.67. The maximum atomic E-state index is 12.3. The quantitative estimate of drug-likeness (QED) is 0.522. The molecule has 8 heteroatoms. The molecule has 0 saturated carbocycles. The number of nitrogens with one attached hydrogen (secondary N) is 1. The van der Waals surface area contributed by atoms with Crippen LogP contribution in [0.5, 0.6) is 0 Å². The average molecular weight is 382 g/mol. The van der Waals surface area contributed by atoms with Crippen molar-refractivity contribution >= 4 is 38.6 Å². The number of rotatable bonds is 6. The van der Waals surface area contributed by atoms with Gasteiger partial charge in [-0.15, -0.1) is 0 Å². The predicted molar refractivity (Wildman–Crippen MR) is 106 cm³/mol. The van der Waals surface area contributed by atoms with Gasteiger partial charge in [-0.2, -0.15) is 5.10 Å². The zero-order valence-corrected chi connectivity index (χ0v) is 15.4. The average Bonchev–Trinajstić information content (AvgIpc) is 2.66. The van der Waals surface area contributed by atoms with Gasteiger partial charge in [0, 0.05) is 17.8 Å². The fraction of sp³-hybridized carbons (Fsp3) is 0.105. The number of hydrogen-bond donors (Lipinski definition) is 1. The van der Waals surface area contributed by atoms with Crippen LogP contribution in [0.2, 0.25) is 0 Å². The van der Waals surface area contributed by atoms with Crippen molar-refractivity contribution in [2.75, 3.05) is 17.1 Å². The monoisotopic (exact) mass is 382 g/mol. The minimum Gasteiger partial charge on any atom is -0.271 e. The lowest BCUT2D eigenvalue weighted by molar-refractivity contribution is -0.119. The van der Waals surface area contributed by atoms with Crippen molar-refractivity contribution in [3.8, 4) is 0 Å². The van der Waals surface area contributed by atoms with Crippen molar-refractivity contribution in [1.29, 1.82) is 0 Å². The summed E-state index contributed by atoms with van der Waals surface area (Å²) in [4.78, 5) is 16.1. The SMILES string of the molecule is CS(=O)(=O)N(CC(=O)N/N=C\c1ccncc1)c1cccc2ccccc12. The Bertz CT molecular complexity index is 1080. The van der Waals surface area contributed by atoms with Crippen molar-refractivity contribution in [2.45, 2.75) is 0 Å². The molecule has 0 aliphatic heterocycles. The molecule has 0 saturated heterocycles. The van der Waals surface area contributed by atoms with E-state index in [-0.39, 0.29) is 6.54 Å². The van der Waals surface area contributed by atoms with E-state index in [0.29, 0.717) is 5.69 Å². The Morgan fingerprint density at radius 2 is 1.81 bits per heavy atom. The second-order valence-corrected chi connectivity index (χ2v) is 7.75. The zero-order chi connectivity index (χ0) is 19.3. The minimum absolute atomic E-state index is 0.374. The molecule has 0 radical (unpaired) electrons. The van der Waals surface area contributed by atoms with Crippen LogP contribution in [0.4, 0.5) is 5.69 Å². The van der Waals surface area contributed by atoms with Gasteiger partial charge in [0.2, 0.25) is 10.0 Å². The van der Waals surface area contributed by atoms with Gasteiger partial charge in [0.15, 0.2) is 0 Å². The summed E-state index contributed by atoms with van der Waals surface area (Å²) in [7, 11) is -3.67. The van der Waals surface area contributed by atoms with Crippen LogP contribution in [0.1, 0.15) is 5.56 Å². The first-order chi connectivity index (χ1) is 12.9. The number of aromatic nitrogens is 1. The lowest BCUT2D eigenvalue weighted by Gasteiger charge is -2.23. The molecule has 1 aromatic heterocycles. The zero-order valence-electron chi connectivity index (χ0n) is 14.6. The molecular formula is C19H18N4O3S. The molecule has 2 aromatic carbocycles. The molecule has 1 N–H and O–H groups in total. The Morgan fingerprint density at radius 1 is 1.11 bits per heavy atom. The van der Waals surface area contributed by atoms with E-state index in [9.17, 15) is 13.2 Å². The molecule has 0 spiro atoms. The molecular weight excluding hydrogens is 364 g/mol. The first-order valence-electron chi connectivity index (χ1n) is 8.12. The molecule has 0 atom stereocenters. The topological polar surface area (TPSA) is 91.7 Å².